The number of morpholine rings is 1. The molecular formula is C23H34N2O8. The Morgan fingerprint density at radius 1 is 1.12 bits per heavy atom. The highest BCUT2D eigenvalue weighted by molar-refractivity contribution is 5.83. The first kappa shape index (κ1) is 26.2. The number of hydrogen-bond acceptors (Lipinski definition) is 8. The van der Waals surface area contributed by atoms with Crippen molar-refractivity contribution >= 4 is 18.0 Å². The molecule has 1 N–H and O–H groups in total. The van der Waals surface area contributed by atoms with Crippen LogP contribution >= 0.6 is 0 Å². The van der Waals surface area contributed by atoms with Crippen molar-refractivity contribution in [2.75, 3.05) is 46.1 Å². The summed E-state index contributed by atoms with van der Waals surface area (Å²) in [6, 6.07) is 6.63. The van der Waals surface area contributed by atoms with Crippen LogP contribution in [0.4, 0.5) is 4.79 Å². The van der Waals surface area contributed by atoms with Gasteiger partial charge in [-0.1, -0.05) is 26.0 Å². The van der Waals surface area contributed by atoms with Gasteiger partial charge >= 0.3 is 12.1 Å². The molecule has 1 aromatic carbocycles. The Morgan fingerprint density at radius 2 is 1.79 bits per heavy atom. The van der Waals surface area contributed by atoms with Gasteiger partial charge in [0.2, 0.25) is 5.91 Å². The first-order chi connectivity index (χ1) is 15.8. The van der Waals surface area contributed by atoms with Crippen molar-refractivity contribution in [2.45, 2.75) is 39.8 Å². The number of carbonyl (C=O) groups excluding carboxylic acids is 3. The molecule has 2 amide bonds. The molecule has 1 aromatic rings. The van der Waals surface area contributed by atoms with E-state index in [1.165, 1.54) is 11.8 Å². The maximum absolute atomic E-state index is 12.4. The quantitative estimate of drug-likeness (QED) is 0.389. The predicted molar refractivity (Wildman–Crippen MR) is 119 cm³/mol. The van der Waals surface area contributed by atoms with E-state index < -0.39 is 18.1 Å². The molecule has 184 valence electrons. The topological polar surface area (TPSA) is 113 Å². The monoisotopic (exact) mass is 466 g/mol. The van der Waals surface area contributed by atoms with Gasteiger partial charge in [0.05, 0.1) is 19.8 Å². The lowest BCUT2D eigenvalue weighted by atomic mass is 10.0. The van der Waals surface area contributed by atoms with Crippen LogP contribution in [0, 0.1) is 5.92 Å². The van der Waals surface area contributed by atoms with Crippen molar-refractivity contribution < 1.29 is 38.1 Å². The summed E-state index contributed by atoms with van der Waals surface area (Å²) in [7, 11) is 0. The van der Waals surface area contributed by atoms with Crippen LogP contribution in [0.15, 0.2) is 24.3 Å². The van der Waals surface area contributed by atoms with Crippen molar-refractivity contribution in [1.29, 1.82) is 0 Å². The first-order valence-electron chi connectivity index (χ1n) is 11.1. The van der Waals surface area contributed by atoms with E-state index in [2.05, 4.69) is 5.32 Å². The molecule has 2 atom stereocenters. The van der Waals surface area contributed by atoms with Crippen LogP contribution in [0.5, 0.6) is 11.5 Å². The van der Waals surface area contributed by atoms with Gasteiger partial charge in [-0.05, 0) is 25.0 Å². The average Bonchev–Trinajstić information content (AvgIpc) is 2.79. The molecule has 10 nitrogen and oxygen atoms in total. The number of esters is 1. The normalized spacial score (nSPS) is 16.6. The van der Waals surface area contributed by atoms with Crippen molar-refractivity contribution in [3.05, 3.63) is 24.3 Å². The minimum Gasteiger partial charge on any atom is -0.490 e. The van der Waals surface area contributed by atoms with Gasteiger partial charge in [0.25, 0.3) is 0 Å². The molecule has 10 heteroatoms. The molecule has 1 heterocycles. The van der Waals surface area contributed by atoms with Gasteiger partial charge in [0, 0.05) is 13.5 Å². The summed E-state index contributed by atoms with van der Waals surface area (Å²) in [4.78, 5) is 37.3. The minimum absolute atomic E-state index is 0.0876. The van der Waals surface area contributed by atoms with Gasteiger partial charge in [0.1, 0.15) is 32.0 Å². The molecule has 0 spiro atoms. The number of nitrogens with zero attached hydrogens (tertiary/aromatic N) is 1. The Labute approximate surface area is 194 Å². The number of carbonyl (C=O) groups is 3. The summed E-state index contributed by atoms with van der Waals surface area (Å²) in [5.74, 6) is 0.261. The van der Waals surface area contributed by atoms with Gasteiger partial charge in [-0.2, -0.15) is 0 Å². The van der Waals surface area contributed by atoms with Crippen LogP contribution in [0.25, 0.3) is 0 Å². The number of benzene rings is 1. The maximum Gasteiger partial charge on any atom is 0.410 e. The fraction of sp³-hybridized carbons (Fsp3) is 0.609. The van der Waals surface area contributed by atoms with E-state index >= 15 is 0 Å². The van der Waals surface area contributed by atoms with E-state index in [0.29, 0.717) is 37.8 Å². The second kappa shape index (κ2) is 13.5. The van der Waals surface area contributed by atoms with Crippen LogP contribution in [-0.2, 0) is 23.8 Å². The lowest BCUT2D eigenvalue weighted by molar-refractivity contribution is -0.150. The highest BCUT2D eigenvalue weighted by atomic mass is 16.6. The number of rotatable bonds is 11. The molecule has 0 aliphatic carbocycles. The van der Waals surface area contributed by atoms with Crippen molar-refractivity contribution in [1.82, 2.24) is 10.2 Å². The average molecular weight is 467 g/mol. The molecule has 1 saturated heterocycles. The Balaban J connectivity index is 1.73. The van der Waals surface area contributed by atoms with E-state index in [4.69, 9.17) is 23.7 Å². The number of para-hydroxylation sites is 2. The third-order valence-corrected chi connectivity index (χ3v) is 4.80. The highest BCUT2D eigenvalue weighted by Gasteiger charge is 2.27. The summed E-state index contributed by atoms with van der Waals surface area (Å²) in [5, 5.41) is 2.56. The number of nitrogens with one attached hydrogen (secondary N) is 1. The second-order valence-electron chi connectivity index (χ2n) is 7.83. The molecule has 0 aromatic heterocycles. The lowest BCUT2D eigenvalue weighted by Gasteiger charge is -2.32. The summed E-state index contributed by atoms with van der Waals surface area (Å²) in [6.07, 6.45) is -0.834. The Hall–Kier alpha value is -3.01. The standard InChI is InChI=1S/C23H34N2O8/c1-5-29-19-8-6-7-9-20(19)33-15-18-14-25(10-11-30-18)23(28)32-13-12-31-22(27)21(16(2)3)24-17(4)26/h6-9,16,18,21H,5,10-15H2,1-4H3,(H,24,26)/t18?,21-/m1/s1. The van der Waals surface area contributed by atoms with E-state index in [1.807, 2.05) is 31.2 Å². The Morgan fingerprint density at radius 3 is 2.42 bits per heavy atom. The molecule has 2 rings (SSSR count). The zero-order chi connectivity index (χ0) is 24.2. The van der Waals surface area contributed by atoms with Crippen LogP contribution < -0.4 is 14.8 Å². The zero-order valence-electron chi connectivity index (χ0n) is 19.7. The van der Waals surface area contributed by atoms with Gasteiger partial charge in [-0.25, -0.2) is 9.59 Å². The van der Waals surface area contributed by atoms with Crippen LogP contribution in [-0.4, -0.2) is 81.1 Å². The van der Waals surface area contributed by atoms with Gasteiger partial charge < -0.3 is 33.9 Å². The second-order valence-corrected chi connectivity index (χ2v) is 7.83. The third-order valence-electron chi connectivity index (χ3n) is 4.80. The number of amides is 2. The SMILES string of the molecule is CCOc1ccccc1OCC1CN(C(=O)OCCOC(=O)[C@H](NC(C)=O)C(C)C)CCO1. The molecule has 0 saturated carbocycles. The Kier molecular flexibility index (Phi) is 10.8. The first-order valence-corrected chi connectivity index (χ1v) is 11.1. The van der Waals surface area contributed by atoms with E-state index in [1.54, 1.807) is 13.8 Å². The Bertz CT molecular complexity index is 785. The summed E-state index contributed by atoms with van der Waals surface area (Å²) in [5.41, 5.74) is 0. The van der Waals surface area contributed by atoms with E-state index in [0.717, 1.165) is 0 Å². The largest absolute Gasteiger partial charge is 0.490 e. The number of ether oxygens (including phenoxy) is 5. The van der Waals surface area contributed by atoms with Crippen molar-refractivity contribution in [3.8, 4) is 11.5 Å². The van der Waals surface area contributed by atoms with Crippen LogP contribution in [0.1, 0.15) is 27.7 Å². The van der Waals surface area contributed by atoms with Gasteiger partial charge in [-0.15, -0.1) is 0 Å². The van der Waals surface area contributed by atoms with Crippen molar-refractivity contribution in [3.63, 3.8) is 0 Å². The van der Waals surface area contributed by atoms with E-state index in [-0.39, 0.29) is 37.7 Å². The molecule has 0 bridgehead atoms. The molecular weight excluding hydrogens is 432 g/mol. The fourth-order valence-electron chi connectivity index (χ4n) is 3.18. The van der Waals surface area contributed by atoms with Crippen LogP contribution in [0.3, 0.4) is 0 Å². The molecule has 1 unspecified atom stereocenters. The maximum atomic E-state index is 12.4. The predicted octanol–water partition coefficient (Wildman–Crippen LogP) is 2.01. The smallest absolute Gasteiger partial charge is 0.410 e. The van der Waals surface area contributed by atoms with Crippen molar-refractivity contribution in [2.24, 2.45) is 5.92 Å². The zero-order valence-corrected chi connectivity index (χ0v) is 19.7. The van der Waals surface area contributed by atoms with Gasteiger partial charge in [0.15, 0.2) is 11.5 Å². The summed E-state index contributed by atoms with van der Waals surface area (Å²) < 4.78 is 27.4. The molecule has 1 fully saturated rings. The highest BCUT2D eigenvalue weighted by Crippen LogP contribution is 2.26. The lowest BCUT2D eigenvalue weighted by Crippen LogP contribution is -2.48. The number of hydrogen-bond donors (Lipinski definition) is 1. The minimum atomic E-state index is -0.744. The summed E-state index contributed by atoms with van der Waals surface area (Å²) in [6.45, 7) is 8.50. The van der Waals surface area contributed by atoms with Crippen LogP contribution in [0.2, 0.25) is 0 Å². The summed E-state index contributed by atoms with van der Waals surface area (Å²) >= 11 is 0. The molecule has 1 aliphatic heterocycles. The fourth-order valence-corrected chi connectivity index (χ4v) is 3.18. The molecule has 1 aliphatic rings. The van der Waals surface area contributed by atoms with E-state index in [9.17, 15) is 14.4 Å². The van der Waals surface area contributed by atoms with Gasteiger partial charge in [-0.3, -0.25) is 4.79 Å². The molecule has 33 heavy (non-hydrogen) atoms. The third kappa shape index (κ3) is 8.80. The molecule has 0 radical (unpaired) electrons.